The van der Waals surface area contributed by atoms with Crippen molar-refractivity contribution in [1.82, 2.24) is 5.32 Å². The van der Waals surface area contributed by atoms with E-state index < -0.39 is 0 Å². The van der Waals surface area contributed by atoms with E-state index in [1.807, 2.05) is 13.0 Å². The van der Waals surface area contributed by atoms with E-state index in [4.69, 9.17) is 5.11 Å². The topological polar surface area (TPSA) is 32.3 Å². The predicted octanol–water partition coefficient (Wildman–Crippen LogP) is 2.56. The van der Waals surface area contributed by atoms with Crippen LogP contribution in [0.25, 0.3) is 0 Å². The van der Waals surface area contributed by atoms with Crippen LogP contribution >= 0.6 is 0 Å². The van der Waals surface area contributed by atoms with Crippen molar-refractivity contribution in [3.63, 3.8) is 0 Å². The molecule has 0 radical (unpaired) electrons. The standard InChI is InChI=1S/C13H20FNO/c1-3-7-15-13(6-8-16)11-9-10(2)4-5-12(11)14/h4-5,9,13,15-16H,3,6-8H2,1-2H3. The minimum atomic E-state index is -0.201. The molecule has 3 heteroatoms. The van der Waals surface area contributed by atoms with Crippen LogP contribution in [0.5, 0.6) is 0 Å². The molecule has 16 heavy (non-hydrogen) atoms. The third-order valence-electron chi connectivity index (χ3n) is 2.59. The molecule has 1 aromatic rings. The normalized spacial score (nSPS) is 12.8. The monoisotopic (exact) mass is 225 g/mol. The van der Waals surface area contributed by atoms with Crippen LogP contribution in [-0.4, -0.2) is 18.3 Å². The lowest BCUT2D eigenvalue weighted by atomic mass is 10.0. The summed E-state index contributed by atoms with van der Waals surface area (Å²) in [7, 11) is 0. The Bertz CT molecular complexity index is 328. The smallest absolute Gasteiger partial charge is 0.127 e. The molecule has 1 unspecified atom stereocenters. The molecule has 1 rings (SSSR count). The molecule has 0 amide bonds. The van der Waals surface area contributed by atoms with Crippen molar-refractivity contribution in [3.05, 3.63) is 35.1 Å². The molecule has 0 spiro atoms. The van der Waals surface area contributed by atoms with Gasteiger partial charge in [0.15, 0.2) is 0 Å². The van der Waals surface area contributed by atoms with Crippen molar-refractivity contribution >= 4 is 0 Å². The first kappa shape index (κ1) is 13.1. The summed E-state index contributed by atoms with van der Waals surface area (Å²) in [4.78, 5) is 0. The number of rotatable bonds is 6. The maximum Gasteiger partial charge on any atom is 0.127 e. The average molecular weight is 225 g/mol. The highest BCUT2D eigenvalue weighted by Gasteiger charge is 2.14. The van der Waals surface area contributed by atoms with Crippen LogP contribution in [0.2, 0.25) is 0 Å². The van der Waals surface area contributed by atoms with Crippen molar-refractivity contribution in [2.75, 3.05) is 13.2 Å². The third kappa shape index (κ3) is 3.58. The van der Waals surface area contributed by atoms with Gasteiger partial charge in [0, 0.05) is 18.2 Å². The fourth-order valence-corrected chi connectivity index (χ4v) is 1.75. The average Bonchev–Trinajstić information content (AvgIpc) is 2.28. The van der Waals surface area contributed by atoms with Crippen molar-refractivity contribution in [1.29, 1.82) is 0 Å². The summed E-state index contributed by atoms with van der Waals surface area (Å²) < 4.78 is 13.6. The van der Waals surface area contributed by atoms with Gasteiger partial charge in [0.1, 0.15) is 5.82 Å². The lowest BCUT2D eigenvalue weighted by Gasteiger charge is -2.19. The van der Waals surface area contributed by atoms with Crippen LogP contribution in [0.15, 0.2) is 18.2 Å². The van der Waals surface area contributed by atoms with Gasteiger partial charge in [-0.1, -0.05) is 24.6 Å². The van der Waals surface area contributed by atoms with Gasteiger partial charge in [-0.05, 0) is 32.4 Å². The molecule has 0 saturated carbocycles. The molecular weight excluding hydrogens is 205 g/mol. The van der Waals surface area contributed by atoms with Crippen LogP contribution in [0, 0.1) is 12.7 Å². The van der Waals surface area contributed by atoms with E-state index in [1.54, 1.807) is 6.07 Å². The van der Waals surface area contributed by atoms with Gasteiger partial charge in [-0.25, -0.2) is 4.39 Å². The minimum Gasteiger partial charge on any atom is -0.396 e. The lowest BCUT2D eigenvalue weighted by molar-refractivity contribution is 0.264. The van der Waals surface area contributed by atoms with Gasteiger partial charge < -0.3 is 10.4 Å². The van der Waals surface area contributed by atoms with E-state index in [0.29, 0.717) is 12.0 Å². The first-order chi connectivity index (χ1) is 7.69. The highest BCUT2D eigenvalue weighted by Crippen LogP contribution is 2.21. The Morgan fingerprint density at radius 3 is 2.81 bits per heavy atom. The first-order valence-electron chi connectivity index (χ1n) is 5.79. The number of aryl methyl sites for hydroxylation is 1. The molecule has 0 aromatic heterocycles. The molecule has 0 bridgehead atoms. The number of aliphatic hydroxyl groups excluding tert-OH is 1. The Morgan fingerprint density at radius 2 is 2.19 bits per heavy atom. The van der Waals surface area contributed by atoms with Gasteiger partial charge >= 0.3 is 0 Å². The Morgan fingerprint density at radius 1 is 1.44 bits per heavy atom. The zero-order chi connectivity index (χ0) is 12.0. The summed E-state index contributed by atoms with van der Waals surface area (Å²) in [5.74, 6) is -0.201. The number of halogens is 1. The maximum atomic E-state index is 13.6. The highest BCUT2D eigenvalue weighted by molar-refractivity contribution is 5.26. The molecule has 0 aliphatic rings. The molecular formula is C13H20FNO. The molecule has 2 N–H and O–H groups in total. The van der Waals surface area contributed by atoms with Gasteiger partial charge in [-0.2, -0.15) is 0 Å². The summed E-state index contributed by atoms with van der Waals surface area (Å²) >= 11 is 0. The molecule has 0 aliphatic carbocycles. The second-order valence-corrected chi connectivity index (χ2v) is 4.04. The molecule has 1 aromatic carbocycles. The van der Waals surface area contributed by atoms with Gasteiger partial charge in [-0.15, -0.1) is 0 Å². The largest absolute Gasteiger partial charge is 0.396 e. The third-order valence-corrected chi connectivity index (χ3v) is 2.59. The number of hydrogen-bond donors (Lipinski definition) is 2. The minimum absolute atomic E-state index is 0.0642. The number of aliphatic hydroxyl groups is 1. The van der Waals surface area contributed by atoms with E-state index in [1.165, 1.54) is 6.07 Å². The van der Waals surface area contributed by atoms with Crippen molar-refractivity contribution < 1.29 is 9.50 Å². The number of hydrogen-bond acceptors (Lipinski definition) is 2. The van der Waals surface area contributed by atoms with Gasteiger partial charge in [0.05, 0.1) is 0 Å². The summed E-state index contributed by atoms with van der Waals surface area (Å²) in [6, 6.07) is 5.00. The summed E-state index contributed by atoms with van der Waals surface area (Å²) in [6.45, 7) is 4.90. The van der Waals surface area contributed by atoms with Crippen molar-refractivity contribution in [2.24, 2.45) is 0 Å². The van der Waals surface area contributed by atoms with Crippen LogP contribution in [0.4, 0.5) is 4.39 Å². The van der Waals surface area contributed by atoms with Crippen LogP contribution in [-0.2, 0) is 0 Å². The van der Waals surface area contributed by atoms with Crippen molar-refractivity contribution in [3.8, 4) is 0 Å². The molecule has 0 fully saturated rings. The van der Waals surface area contributed by atoms with Crippen molar-refractivity contribution in [2.45, 2.75) is 32.7 Å². The second-order valence-electron chi connectivity index (χ2n) is 4.04. The Labute approximate surface area is 96.5 Å². The zero-order valence-electron chi connectivity index (χ0n) is 9.96. The van der Waals surface area contributed by atoms with E-state index in [9.17, 15) is 4.39 Å². The van der Waals surface area contributed by atoms with E-state index in [-0.39, 0.29) is 18.5 Å². The maximum absolute atomic E-state index is 13.6. The van der Waals surface area contributed by atoms with Crippen LogP contribution in [0.3, 0.4) is 0 Å². The quantitative estimate of drug-likeness (QED) is 0.780. The highest BCUT2D eigenvalue weighted by atomic mass is 19.1. The van der Waals surface area contributed by atoms with Gasteiger partial charge in [-0.3, -0.25) is 0 Å². The van der Waals surface area contributed by atoms with Gasteiger partial charge in [0.25, 0.3) is 0 Å². The fourth-order valence-electron chi connectivity index (χ4n) is 1.75. The second kappa shape index (κ2) is 6.61. The predicted molar refractivity (Wildman–Crippen MR) is 63.9 cm³/mol. The number of nitrogens with one attached hydrogen (secondary N) is 1. The summed E-state index contributed by atoms with van der Waals surface area (Å²) in [5, 5.41) is 12.2. The molecule has 0 saturated heterocycles. The van der Waals surface area contributed by atoms with E-state index >= 15 is 0 Å². The Hall–Kier alpha value is -0.930. The first-order valence-corrected chi connectivity index (χ1v) is 5.79. The molecule has 0 heterocycles. The SMILES string of the molecule is CCCNC(CCO)c1cc(C)ccc1F. The Balaban J connectivity index is 2.85. The molecule has 90 valence electrons. The Kier molecular flexibility index (Phi) is 5.43. The lowest BCUT2D eigenvalue weighted by Crippen LogP contribution is -2.24. The summed E-state index contributed by atoms with van der Waals surface area (Å²) in [5.41, 5.74) is 1.69. The van der Waals surface area contributed by atoms with Crippen LogP contribution < -0.4 is 5.32 Å². The van der Waals surface area contributed by atoms with E-state index in [2.05, 4.69) is 12.2 Å². The fraction of sp³-hybridized carbons (Fsp3) is 0.538. The summed E-state index contributed by atoms with van der Waals surface area (Å²) in [6.07, 6.45) is 1.54. The molecule has 1 atom stereocenters. The number of benzene rings is 1. The van der Waals surface area contributed by atoms with Gasteiger partial charge in [0.2, 0.25) is 0 Å². The zero-order valence-corrected chi connectivity index (χ0v) is 9.96. The molecule has 2 nitrogen and oxygen atoms in total. The van der Waals surface area contributed by atoms with E-state index in [0.717, 1.165) is 18.5 Å². The van der Waals surface area contributed by atoms with Crippen LogP contribution in [0.1, 0.15) is 36.9 Å². The molecule has 0 aliphatic heterocycles.